The molecule has 49 heavy (non-hydrogen) atoms. The Hall–Kier alpha value is -4.22. The van der Waals surface area contributed by atoms with E-state index in [1.54, 1.807) is 0 Å². The molecule has 0 saturated carbocycles. The maximum absolute atomic E-state index is 5.96. The molecule has 5 rings (SSSR count). The summed E-state index contributed by atoms with van der Waals surface area (Å²) < 4.78 is 0. The van der Waals surface area contributed by atoms with Crippen molar-refractivity contribution in [2.24, 2.45) is 0 Å². The summed E-state index contributed by atoms with van der Waals surface area (Å²) in [4.78, 5) is 0. The normalized spacial score (nSPS) is 14.0. The van der Waals surface area contributed by atoms with E-state index in [0.717, 1.165) is 6.16 Å². The van der Waals surface area contributed by atoms with Crippen LogP contribution in [0.5, 0.6) is 0 Å². The number of allylic oxidation sites excluding steroid dienone is 9. The second kappa shape index (κ2) is 19.1. The molecule has 0 radical (unpaired) electrons. The van der Waals surface area contributed by atoms with Crippen LogP contribution in [0.15, 0.2) is 186 Å². The molecule has 0 nitrogen and oxygen atoms in total. The number of hydrogen-bond acceptors (Lipinski definition) is 0. The minimum atomic E-state index is -2.35. The van der Waals surface area contributed by atoms with E-state index in [9.17, 15) is 0 Å². The average Bonchev–Trinajstić information content (AvgIpc) is 3.46. The van der Waals surface area contributed by atoms with Gasteiger partial charge in [0.25, 0.3) is 0 Å². The van der Waals surface area contributed by atoms with Crippen molar-refractivity contribution in [1.29, 1.82) is 0 Å². The van der Waals surface area contributed by atoms with E-state index < -0.39 is 14.5 Å². The van der Waals surface area contributed by atoms with Crippen LogP contribution in [0.3, 0.4) is 0 Å². The zero-order chi connectivity index (χ0) is 34.0. The number of unbranched alkanes of at least 4 members (excludes halogenated alkanes) is 6. The van der Waals surface area contributed by atoms with E-state index in [2.05, 4.69) is 176 Å². The van der Waals surface area contributed by atoms with Crippen molar-refractivity contribution in [2.75, 3.05) is 12.3 Å². The molecule has 0 unspecified atom stereocenters. The van der Waals surface area contributed by atoms with Gasteiger partial charge in [-0.15, -0.1) is 0 Å². The molecule has 0 N–H and O–H groups in total. The molecule has 0 fully saturated rings. The zero-order valence-electron chi connectivity index (χ0n) is 29.1. The van der Waals surface area contributed by atoms with Crippen LogP contribution in [0.25, 0.3) is 0 Å². The van der Waals surface area contributed by atoms with Crippen LogP contribution in [0, 0.1) is 12.3 Å². The Morgan fingerprint density at radius 1 is 0.612 bits per heavy atom. The first-order valence-electron chi connectivity index (χ1n) is 18.1. The maximum atomic E-state index is 5.96. The van der Waals surface area contributed by atoms with Crippen LogP contribution >= 0.6 is 14.5 Å². The third-order valence-corrected chi connectivity index (χ3v) is 20.2. The molecule has 0 bridgehead atoms. The molecular formula is C47H52P2. The summed E-state index contributed by atoms with van der Waals surface area (Å²) in [6.07, 6.45) is 34.3. The van der Waals surface area contributed by atoms with Crippen LogP contribution in [0.4, 0.5) is 0 Å². The molecule has 2 heteroatoms. The summed E-state index contributed by atoms with van der Waals surface area (Å²) in [7, 11) is -4.50. The Labute approximate surface area is 297 Å². The Balaban J connectivity index is 1.25. The fourth-order valence-corrected chi connectivity index (χ4v) is 17.6. The Morgan fingerprint density at radius 3 is 1.57 bits per heavy atom. The van der Waals surface area contributed by atoms with Gasteiger partial charge in [-0.25, -0.2) is 0 Å². The molecule has 0 amide bonds. The Bertz CT molecular complexity index is 1720. The third-order valence-electron chi connectivity index (χ3n) is 10.1. The Morgan fingerprint density at radius 2 is 1.08 bits per heavy atom. The molecule has 0 heterocycles. The third kappa shape index (κ3) is 8.88. The summed E-state index contributed by atoms with van der Waals surface area (Å²) in [5.41, 5.74) is 3.28. The number of terminal acetylenes is 1. The van der Waals surface area contributed by atoms with Crippen molar-refractivity contribution in [3.63, 3.8) is 0 Å². The summed E-state index contributed by atoms with van der Waals surface area (Å²) in [5, 5.41) is 8.66. The zero-order valence-corrected chi connectivity index (χ0v) is 31.1. The van der Waals surface area contributed by atoms with Gasteiger partial charge in [-0.1, -0.05) is 0 Å². The van der Waals surface area contributed by atoms with Crippen LogP contribution in [-0.4, -0.2) is 12.3 Å². The predicted octanol–water partition coefficient (Wildman–Crippen LogP) is 10.8. The quantitative estimate of drug-likeness (QED) is 0.0343. The number of rotatable bonds is 17. The van der Waals surface area contributed by atoms with Crippen molar-refractivity contribution in [3.8, 4) is 12.3 Å². The average molecular weight is 679 g/mol. The van der Waals surface area contributed by atoms with E-state index in [1.807, 2.05) is 12.2 Å². The van der Waals surface area contributed by atoms with Gasteiger partial charge in [0.1, 0.15) is 0 Å². The van der Waals surface area contributed by atoms with Crippen LogP contribution < -0.4 is 21.2 Å². The van der Waals surface area contributed by atoms with Gasteiger partial charge >= 0.3 is 299 Å². The van der Waals surface area contributed by atoms with E-state index in [1.165, 1.54) is 83.0 Å². The summed E-state index contributed by atoms with van der Waals surface area (Å²) in [6, 6.07) is 45.1. The summed E-state index contributed by atoms with van der Waals surface area (Å²) in [6.45, 7) is 2.10. The molecule has 0 aromatic heterocycles. The number of benzene rings is 4. The van der Waals surface area contributed by atoms with Crippen molar-refractivity contribution < 1.29 is 0 Å². The van der Waals surface area contributed by atoms with Gasteiger partial charge in [0.05, 0.1) is 0 Å². The molecule has 0 aliphatic heterocycles. The number of hydrogen-bond donors (Lipinski definition) is 0. The predicted molar refractivity (Wildman–Crippen MR) is 225 cm³/mol. The van der Waals surface area contributed by atoms with E-state index in [4.69, 9.17) is 6.42 Å². The minimum absolute atomic E-state index is 1.14. The van der Waals surface area contributed by atoms with Crippen molar-refractivity contribution in [1.82, 2.24) is 0 Å². The van der Waals surface area contributed by atoms with Gasteiger partial charge in [0.15, 0.2) is 0 Å². The molecule has 0 saturated heterocycles. The molecule has 0 spiro atoms. The first kappa shape index (κ1) is 36.1. The van der Waals surface area contributed by atoms with Gasteiger partial charge in [0.2, 0.25) is 0 Å². The van der Waals surface area contributed by atoms with Gasteiger partial charge < -0.3 is 0 Å². The fraction of sp³-hybridized carbons (Fsp3) is 0.213. The molecule has 4 aromatic rings. The van der Waals surface area contributed by atoms with Gasteiger partial charge in [-0.3, -0.25) is 0 Å². The second-order valence-corrected chi connectivity index (χ2v) is 21.1. The molecule has 1 aliphatic carbocycles. The van der Waals surface area contributed by atoms with E-state index in [0.29, 0.717) is 0 Å². The van der Waals surface area contributed by atoms with Crippen molar-refractivity contribution in [3.05, 3.63) is 186 Å². The first-order valence-corrected chi connectivity index (χ1v) is 22.5. The summed E-state index contributed by atoms with van der Waals surface area (Å²) >= 11 is 0. The summed E-state index contributed by atoms with van der Waals surface area (Å²) in [5.74, 6) is 2.89. The first-order chi connectivity index (χ1) is 24.3. The molecular weight excluding hydrogens is 626 g/mol. The molecule has 250 valence electrons. The van der Waals surface area contributed by atoms with Gasteiger partial charge in [0, 0.05) is 0 Å². The van der Waals surface area contributed by atoms with Gasteiger partial charge in [-0.2, -0.15) is 0 Å². The topological polar surface area (TPSA) is 0 Å². The van der Waals surface area contributed by atoms with Gasteiger partial charge in [-0.05, 0) is 0 Å². The van der Waals surface area contributed by atoms with Crippen LogP contribution in [0.2, 0.25) is 0 Å². The van der Waals surface area contributed by atoms with Crippen LogP contribution in [0.1, 0.15) is 51.9 Å². The fourth-order valence-electron chi connectivity index (χ4n) is 7.74. The van der Waals surface area contributed by atoms with E-state index >= 15 is 0 Å². The molecule has 4 aromatic carbocycles. The monoisotopic (exact) mass is 678 g/mol. The van der Waals surface area contributed by atoms with Crippen molar-refractivity contribution >= 4 is 35.7 Å². The Kier molecular flexibility index (Phi) is 14.1. The standard InChI is InChI=1S/C47H52P2/c1-3-28-42(29-4-2)48(44-32-18-12-19-33-44,43-30-16-8-9-17-31-43)40-26-10-6-5-7-11-27-41-49(45-34-20-13-21-35-45,46-36-22-14-23-37-46)47-38-24-15-25-39-47/h1,4,8,12-25,28-39,48-49H,5-7,10-11,26-27,40-41H2,2H3/b29-4-,42-28+. The van der Waals surface area contributed by atoms with Crippen molar-refractivity contribution in [2.45, 2.75) is 51.9 Å². The molecule has 0 atom stereocenters. The molecule has 1 aliphatic rings. The van der Waals surface area contributed by atoms with Crippen LogP contribution in [-0.2, 0) is 0 Å². The SMILES string of the molecule is C#C/C=C(\C=C/C)[PH](CCCCCCCCC[PH](c1ccccc1)(c1ccccc1)c1ccccc1)(C1=CC=C=CC=C1)c1ccccc1. The van der Waals surface area contributed by atoms with E-state index in [-0.39, 0.29) is 0 Å². The second-order valence-electron chi connectivity index (χ2n) is 13.0.